The molecule has 3 nitrogen and oxygen atoms in total. The summed E-state index contributed by atoms with van der Waals surface area (Å²) in [5, 5.41) is 2.16. The van der Waals surface area contributed by atoms with Crippen LogP contribution in [0.25, 0.3) is 21.9 Å². The summed E-state index contributed by atoms with van der Waals surface area (Å²) in [6.45, 7) is 3.98. The van der Waals surface area contributed by atoms with Crippen molar-refractivity contribution >= 4 is 43.6 Å². The number of benzene rings is 2. The lowest BCUT2D eigenvalue weighted by Crippen LogP contribution is -2.70. The molecule has 0 radical (unpaired) electrons. The summed E-state index contributed by atoms with van der Waals surface area (Å²) in [5.41, 5.74) is 4.53. The van der Waals surface area contributed by atoms with Gasteiger partial charge in [0.25, 0.3) is 0 Å². The molecule has 2 aromatic heterocycles. The second kappa shape index (κ2) is 5.39. The zero-order valence-corrected chi connectivity index (χ0v) is 14.4. The fourth-order valence-corrected chi connectivity index (χ4v) is 3.00. The van der Waals surface area contributed by atoms with Gasteiger partial charge in [-0.3, -0.25) is 0 Å². The summed E-state index contributed by atoms with van der Waals surface area (Å²) in [6.07, 6.45) is 0. The van der Waals surface area contributed by atoms with Crippen LogP contribution in [0.15, 0.2) is 61.8 Å². The Morgan fingerprint density at radius 3 is 2.43 bits per heavy atom. The van der Waals surface area contributed by atoms with Gasteiger partial charge in [0, 0.05) is 27.4 Å². The van der Waals surface area contributed by atoms with E-state index in [0.717, 1.165) is 37.9 Å². The maximum atomic E-state index is 5.96. The van der Waals surface area contributed by atoms with E-state index in [9.17, 15) is 0 Å². The zero-order chi connectivity index (χ0) is 16.0. The summed E-state index contributed by atoms with van der Waals surface area (Å²) >= 11 is 3.44. The highest BCUT2D eigenvalue weighted by Gasteiger charge is 2.13. The van der Waals surface area contributed by atoms with Crippen molar-refractivity contribution in [1.29, 1.82) is 0 Å². The Bertz CT molecular complexity index is 1090. The van der Waals surface area contributed by atoms with Gasteiger partial charge in [0.15, 0.2) is 11.3 Å². The SMILES string of the molecule is Cc1ccc2c(c1)oc1c(C)oc(=[NH+]c3ccc(Br)cc3)cc12. The Kier molecular flexibility index (Phi) is 3.34. The predicted octanol–water partition coefficient (Wildman–Crippen LogP) is 3.87. The maximum absolute atomic E-state index is 5.96. The Balaban J connectivity index is 1.98. The van der Waals surface area contributed by atoms with Crippen LogP contribution in [0.3, 0.4) is 0 Å². The zero-order valence-electron chi connectivity index (χ0n) is 12.8. The lowest BCUT2D eigenvalue weighted by Gasteiger charge is -1.93. The summed E-state index contributed by atoms with van der Waals surface area (Å²) in [4.78, 5) is 3.30. The Morgan fingerprint density at radius 2 is 1.65 bits per heavy atom. The van der Waals surface area contributed by atoms with E-state index in [1.807, 2.05) is 37.3 Å². The molecule has 0 unspecified atom stereocenters. The van der Waals surface area contributed by atoms with Crippen molar-refractivity contribution in [2.45, 2.75) is 13.8 Å². The molecular weight excluding hydrogens is 354 g/mol. The first-order valence-electron chi connectivity index (χ1n) is 7.39. The molecule has 2 heterocycles. The number of hydrogen-bond donors (Lipinski definition) is 1. The third kappa shape index (κ3) is 2.59. The molecule has 23 heavy (non-hydrogen) atoms. The van der Waals surface area contributed by atoms with Gasteiger partial charge in [-0.1, -0.05) is 28.1 Å². The van der Waals surface area contributed by atoms with Crippen LogP contribution in [0.5, 0.6) is 0 Å². The number of fused-ring (bicyclic) bond motifs is 3. The first kappa shape index (κ1) is 14.3. The highest BCUT2D eigenvalue weighted by atomic mass is 79.9. The highest BCUT2D eigenvalue weighted by Crippen LogP contribution is 2.29. The van der Waals surface area contributed by atoms with Crippen LogP contribution >= 0.6 is 15.9 Å². The van der Waals surface area contributed by atoms with Crippen LogP contribution in [0.4, 0.5) is 5.69 Å². The molecule has 0 atom stereocenters. The van der Waals surface area contributed by atoms with Crippen molar-refractivity contribution in [2.24, 2.45) is 0 Å². The van der Waals surface area contributed by atoms with Crippen LogP contribution in [0.1, 0.15) is 11.3 Å². The first-order valence-corrected chi connectivity index (χ1v) is 8.19. The topological polar surface area (TPSA) is 40.2 Å². The lowest BCUT2D eigenvalue weighted by molar-refractivity contribution is -0.418. The average Bonchev–Trinajstić information content (AvgIpc) is 2.88. The van der Waals surface area contributed by atoms with Crippen molar-refractivity contribution < 1.29 is 13.8 Å². The number of hydrogen-bond acceptors (Lipinski definition) is 2. The molecular formula is C19H15BrNO2+. The number of rotatable bonds is 1. The average molecular weight is 369 g/mol. The molecule has 1 N–H and O–H groups in total. The molecule has 0 amide bonds. The van der Waals surface area contributed by atoms with E-state index in [0.29, 0.717) is 5.55 Å². The quantitative estimate of drug-likeness (QED) is 0.553. The molecule has 0 spiro atoms. The van der Waals surface area contributed by atoms with Crippen molar-refractivity contribution in [3.63, 3.8) is 0 Å². The standard InChI is InChI=1S/C19H14BrNO2/c1-11-3-8-15-16-10-18(21-14-6-4-13(20)5-7-14)22-12(2)19(16)23-17(15)9-11/h3-10H,1-2H3/p+1. The summed E-state index contributed by atoms with van der Waals surface area (Å²) in [6, 6.07) is 16.2. The van der Waals surface area contributed by atoms with Gasteiger partial charge in [0.1, 0.15) is 5.58 Å². The van der Waals surface area contributed by atoms with Crippen LogP contribution in [-0.2, 0) is 0 Å². The molecule has 2 aromatic carbocycles. The normalized spacial score (nSPS) is 12.4. The Hall–Kier alpha value is -2.33. The molecule has 114 valence electrons. The van der Waals surface area contributed by atoms with Crippen molar-refractivity contribution in [3.05, 3.63) is 69.9 Å². The molecule has 0 aliphatic rings. The Labute approximate surface area is 141 Å². The minimum Gasteiger partial charge on any atom is -0.452 e. The summed E-state index contributed by atoms with van der Waals surface area (Å²) in [7, 11) is 0. The second-order valence-corrected chi connectivity index (χ2v) is 6.56. The van der Waals surface area contributed by atoms with Gasteiger partial charge >= 0.3 is 5.55 Å². The van der Waals surface area contributed by atoms with E-state index >= 15 is 0 Å². The molecule has 0 bridgehead atoms. The summed E-state index contributed by atoms with van der Waals surface area (Å²) in [5.74, 6) is 0.760. The van der Waals surface area contributed by atoms with E-state index in [2.05, 4.69) is 46.0 Å². The minimum absolute atomic E-state index is 0.695. The lowest BCUT2D eigenvalue weighted by atomic mass is 10.1. The minimum atomic E-state index is 0.695. The van der Waals surface area contributed by atoms with Crippen LogP contribution in [-0.4, -0.2) is 0 Å². The van der Waals surface area contributed by atoms with E-state index in [4.69, 9.17) is 8.83 Å². The maximum Gasteiger partial charge on any atom is 0.372 e. The fourth-order valence-electron chi connectivity index (χ4n) is 2.74. The van der Waals surface area contributed by atoms with Crippen LogP contribution in [0, 0.1) is 13.8 Å². The predicted molar refractivity (Wildman–Crippen MR) is 93.4 cm³/mol. The summed E-state index contributed by atoms with van der Waals surface area (Å²) < 4.78 is 12.9. The molecule has 0 aliphatic heterocycles. The molecule has 0 saturated heterocycles. The van der Waals surface area contributed by atoms with E-state index < -0.39 is 0 Å². The van der Waals surface area contributed by atoms with Gasteiger partial charge in [0.2, 0.25) is 5.69 Å². The van der Waals surface area contributed by atoms with Crippen molar-refractivity contribution in [1.82, 2.24) is 0 Å². The first-order chi connectivity index (χ1) is 11.1. The third-order valence-corrected chi connectivity index (χ3v) is 4.38. The molecule has 4 heteroatoms. The van der Waals surface area contributed by atoms with Gasteiger partial charge in [-0.15, -0.1) is 0 Å². The monoisotopic (exact) mass is 368 g/mol. The second-order valence-electron chi connectivity index (χ2n) is 5.64. The van der Waals surface area contributed by atoms with Crippen LogP contribution < -0.4 is 10.5 Å². The highest BCUT2D eigenvalue weighted by molar-refractivity contribution is 9.10. The molecule has 4 rings (SSSR count). The number of halogens is 1. The van der Waals surface area contributed by atoms with Crippen molar-refractivity contribution in [2.75, 3.05) is 0 Å². The fraction of sp³-hybridized carbons (Fsp3) is 0.105. The van der Waals surface area contributed by atoms with Gasteiger partial charge in [-0.05, 0) is 37.6 Å². The molecule has 4 aromatic rings. The van der Waals surface area contributed by atoms with Crippen molar-refractivity contribution in [3.8, 4) is 0 Å². The number of aryl methyl sites for hydroxylation is 2. The largest absolute Gasteiger partial charge is 0.452 e. The third-order valence-electron chi connectivity index (χ3n) is 3.85. The Morgan fingerprint density at radius 1 is 0.870 bits per heavy atom. The van der Waals surface area contributed by atoms with E-state index in [-0.39, 0.29) is 0 Å². The number of nitrogens with one attached hydrogen (secondary N) is 1. The van der Waals surface area contributed by atoms with Gasteiger partial charge < -0.3 is 8.83 Å². The van der Waals surface area contributed by atoms with Gasteiger partial charge in [0.05, 0.1) is 6.07 Å². The van der Waals surface area contributed by atoms with Gasteiger partial charge in [-0.2, -0.15) is 4.99 Å². The number of furan rings is 1. The molecule has 0 fully saturated rings. The van der Waals surface area contributed by atoms with Crippen LogP contribution in [0.2, 0.25) is 0 Å². The smallest absolute Gasteiger partial charge is 0.372 e. The van der Waals surface area contributed by atoms with E-state index in [1.165, 1.54) is 5.56 Å². The molecule has 0 saturated carbocycles. The van der Waals surface area contributed by atoms with Gasteiger partial charge in [-0.25, -0.2) is 0 Å². The molecule has 0 aliphatic carbocycles. The van der Waals surface area contributed by atoms with E-state index in [1.54, 1.807) is 0 Å².